The maximum absolute atomic E-state index is 3.15. The van der Waals surface area contributed by atoms with Gasteiger partial charge in [0.2, 0.25) is 0 Å². The van der Waals surface area contributed by atoms with Crippen molar-refractivity contribution >= 4 is 10.8 Å². The van der Waals surface area contributed by atoms with Crippen LogP contribution in [0.5, 0.6) is 0 Å². The van der Waals surface area contributed by atoms with Gasteiger partial charge in [-0.1, -0.05) is 54.6 Å². The van der Waals surface area contributed by atoms with Crippen LogP contribution >= 0.6 is 0 Å². The minimum absolute atomic E-state index is 1.24. The molecule has 0 N–H and O–H groups in total. The molecule has 0 unspecified atom stereocenters. The van der Waals surface area contributed by atoms with Gasteiger partial charge in [-0.25, -0.2) is 0 Å². The average Bonchev–Trinajstić information content (AvgIpc) is 2.39. The molecule has 0 atom stereocenters. The second-order valence-corrected chi connectivity index (χ2v) is 4.27. The predicted molar refractivity (Wildman–Crippen MR) is 73.0 cm³/mol. The van der Waals surface area contributed by atoms with Crippen LogP contribution in [-0.4, -0.2) is 0 Å². The molecule has 0 saturated carbocycles. The largest absolute Gasteiger partial charge is 0.0616 e. The predicted octanol–water partition coefficient (Wildman–Crippen LogP) is 4.62. The highest BCUT2D eigenvalue weighted by Gasteiger charge is 2.05. The standard InChI is InChI=1S/C17H13/c1-13-11-12-14-7-5-6-10-16(14)17(13)15-8-3-2-4-9-15/h2-3,5-12H,1H3. The van der Waals surface area contributed by atoms with Crippen molar-refractivity contribution in [1.29, 1.82) is 0 Å². The van der Waals surface area contributed by atoms with Crippen molar-refractivity contribution in [3.8, 4) is 11.1 Å². The molecule has 0 spiro atoms. The number of fused-ring (bicyclic) bond motifs is 1. The molecule has 0 aliphatic rings. The van der Waals surface area contributed by atoms with Crippen molar-refractivity contribution in [2.24, 2.45) is 0 Å². The number of aryl methyl sites for hydroxylation is 1. The van der Waals surface area contributed by atoms with E-state index in [0.717, 1.165) is 0 Å². The van der Waals surface area contributed by atoms with Crippen molar-refractivity contribution < 1.29 is 0 Å². The van der Waals surface area contributed by atoms with Crippen molar-refractivity contribution in [2.45, 2.75) is 6.92 Å². The third-order valence-electron chi connectivity index (χ3n) is 3.13. The summed E-state index contributed by atoms with van der Waals surface area (Å²) < 4.78 is 0. The maximum Gasteiger partial charge on any atom is -0.00759 e. The van der Waals surface area contributed by atoms with Gasteiger partial charge in [-0.3, -0.25) is 0 Å². The van der Waals surface area contributed by atoms with Crippen LogP contribution in [0.4, 0.5) is 0 Å². The third-order valence-corrected chi connectivity index (χ3v) is 3.13. The Morgan fingerprint density at radius 2 is 1.76 bits per heavy atom. The van der Waals surface area contributed by atoms with Gasteiger partial charge in [0, 0.05) is 0 Å². The molecule has 0 heterocycles. The molecule has 17 heavy (non-hydrogen) atoms. The molecule has 0 amide bonds. The maximum atomic E-state index is 3.15. The topological polar surface area (TPSA) is 0 Å². The second-order valence-electron chi connectivity index (χ2n) is 4.27. The van der Waals surface area contributed by atoms with Gasteiger partial charge in [0.1, 0.15) is 0 Å². The van der Waals surface area contributed by atoms with Crippen LogP contribution in [0.2, 0.25) is 0 Å². The molecule has 3 aromatic carbocycles. The van der Waals surface area contributed by atoms with Crippen molar-refractivity contribution in [3.05, 3.63) is 72.3 Å². The Hall–Kier alpha value is -2.08. The Bertz CT molecular complexity index is 651. The lowest BCUT2D eigenvalue weighted by molar-refractivity contribution is 1.49. The molecule has 0 aliphatic carbocycles. The lowest BCUT2D eigenvalue weighted by Gasteiger charge is -2.10. The molecule has 0 nitrogen and oxygen atoms in total. The molecule has 3 rings (SSSR count). The minimum atomic E-state index is 1.24. The van der Waals surface area contributed by atoms with Gasteiger partial charge in [-0.05, 0) is 46.5 Å². The zero-order valence-electron chi connectivity index (χ0n) is 9.77. The molecule has 0 saturated heterocycles. The first-order valence-corrected chi connectivity index (χ1v) is 5.81. The van der Waals surface area contributed by atoms with Crippen molar-refractivity contribution in [3.63, 3.8) is 0 Å². The smallest absolute Gasteiger partial charge is 0.00759 e. The summed E-state index contributed by atoms with van der Waals surface area (Å²) in [5.74, 6) is 0. The fourth-order valence-electron chi connectivity index (χ4n) is 2.31. The average molecular weight is 217 g/mol. The molecule has 0 bridgehead atoms. The molecule has 0 aliphatic heterocycles. The molecular weight excluding hydrogens is 204 g/mol. The van der Waals surface area contributed by atoms with Crippen LogP contribution in [0.1, 0.15) is 5.56 Å². The first kappa shape index (κ1) is 10.1. The quantitative estimate of drug-likeness (QED) is 0.558. The first-order chi connectivity index (χ1) is 8.36. The molecule has 81 valence electrons. The third kappa shape index (κ3) is 1.72. The Morgan fingerprint density at radius 1 is 0.882 bits per heavy atom. The van der Waals surface area contributed by atoms with E-state index < -0.39 is 0 Å². The van der Waals surface area contributed by atoms with Crippen molar-refractivity contribution in [1.82, 2.24) is 0 Å². The molecule has 0 fully saturated rings. The van der Waals surface area contributed by atoms with Gasteiger partial charge in [-0.15, -0.1) is 0 Å². The SMILES string of the molecule is Cc1ccc2ccccc2c1-c1c[c]ccc1. The zero-order chi connectivity index (χ0) is 11.7. The Labute approximate surface area is 102 Å². The van der Waals surface area contributed by atoms with Gasteiger partial charge in [-0.2, -0.15) is 0 Å². The number of benzene rings is 3. The highest BCUT2D eigenvalue weighted by Crippen LogP contribution is 2.31. The summed E-state index contributed by atoms with van der Waals surface area (Å²) in [4.78, 5) is 0. The monoisotopic (exact) mass is 217 g/mol. The van der Waals surface area contributed by atoms with Crippen LogP contribution < -0.4 is 0 Å². The Balaban J connectivity index is 2.39. The number of rotatable bonds is 1. The summed E-state index contributed by atoms with van der Waals surface area (Å²) in [5.41, 5.74) is 3.87. The molecule has 0 heteroatoms. The lowest BCUT2D eigenvalue weighted by Crippen LogP contribution is -1.85. The highest BCUT2D eigenvalue weighted by atomic mass is 14.1. The van der Waals surface area contributed by atoms with Gasteiger partial charge >= 0.3 is 0 Å². The van der Waals surface area contributed by atoms with E-state index >= 15 is 0 Å². The van der Waals surface area contributed by atoms with Gasteiger partial charge < -0.3 is 0 Å². The van der Waals surface area contributed by atoms with E-state index in [4.69, 9.17) is 0 Å². The van der Waals surface area contributed by atoms with Crippen LogP contribution in [0, 0.1) is 13.0 Å². The van der Waals surface area contributed by atoms with Crippen LogP contribution in [0.3, 0.4) is 0 Å². The van der Waals surface area contributed by atoms with Gasteiger partial charge in [0.15, 0.2) is 0 Å². The van der Waals surface area contributed by atoms with E-state index in [0.29, 0.717) is 0 Å². The fourth-order valence-corrected chi connectivity index (χ4v) is 2.31. The summed E-state index contributed by atoms with van der Waals surface area (Å²) in [6.07, 6.45) is 0. The number of hydrogen-bond donors (Lipinski definition) is 0. The van der Waals surface area contributed by atoms with Crippen LogP contribution in [-0.2, 0) is 0 Å². The molecule has 0 aromatic heterocycles. The van der Waals surface area contributed by atoms with E-state index in [1.807, 2.05) is 12.1 Å². The van der Waals surface area contributed by atoms with E-state index in [9.17, 15) is 0 Å². The van der Waals surface area contributed by atoms with Crippen LogP contribution in [0.25, 0.3) is 21.9 Å². The fraction of sp³-hybridized carbons (Fsp3) is 0.0588. The number of hydrogen-bond acceptors (Lipinski definition) is 0. The van der Waals surface area contributed by atoms with Crippen LogP contribution in [0.15, 0.2) is 60.7 Å². The Morgan fingerprint density at radius 3 is 2.59 bits per heavy atom. The molecular formula is C17H13. The second kappa shape index (κ2) is 4.06. The molecule has 1 radical (unpaired) electrons. The summed E-state index contributed by atoms with van der Waals surface area (Å²) in [5, 5.41) is 2.60. The summed E-state index contributed by atoms with van der Waals surface area (Å²) >= 11 is 0. The summed E-state index contributed by atoms with van der Waals surface area (Å²) in [7, 11) is 0. The normalized spacial score (nSPS) is 10.6. The van der Waals surface area contributed by atoms with Crippen molar-refractivity contribution in [2.75, 3.05) is 0 Å². The van der Waals surface area contributed by atoms with E-state index in [2.05, 4.69) is 61.5 Å². The molecule has 3 aromatic rings. The lowest BCUT2D eigenvalue weighted by atomic mass is 9.94. The zero-order valence-corrected chi connectivity index (χ0v) is 9.77. The van der Waals surface area contributed by atoms with Gasteiger partial charge in [0.05, 0.1) is 0 Å². The first-order valence-electron chi connectivity index (χ1n) is 5.81. The minimum Gasteiger partial charge on any atom is -0.0616 e. The summed E-state index contributed by atoms with van der Waals surface area (Å²) in [6.45, 7) is 2.16. The highest BCUT2D eigenvalue weighted by molar-refractivity contribution is 5.98. The summed E-state index contributed by atoms with van der Waals surface area (Å²) in [6, 6.07) is 24.2. The van der Waals surface area contributed by atoms with E-state index in [1.54, 1.807) is 0 Å². The van der Waals surface area contributed by atoms with Gasteiger partial charge in [0.25, 0.3) is 0 Å². The Kier molecular flexibility index (Phi) is 2.41. The van der Waals surface area contributed by atoms with E-state index in [1.165, 1.54) is 27.5 Å². The van der Waals surface area contributed by atoms with E-state index in [-0.39, 0.29) is 0 Å².